The van der Waals surface area contributed by atoms with Crippen LogP contribution in [0.25, 0.3) is 22.7 Å². The van der Waals surface area contributed by atoms with Gasteiger partial charge < -0.3 is 4.57 Å². The van der Waals surface area contributed by atoms with E-state index in [4.69, 9.17) is 0 Å². The van der Waals surface area contributed by atoms with Gasteiger partial charge in [0, 0.05) is 21.7 Å². The first-order valence-corrected chi connectivity index (χ1v) is 7.07. The fraction of sp³-hybridized carbons (Fsp3) is 0.0588. The number of fused-ring (bicyclic) bond motifs is 1. The molecule has 0 spiro atoms. The van der Waals surface area contributed by atoms with Gasteiger partial charge in [-0.2, -0.15) is 0 Å². The maximum atomic E-state index is 3.47. The Morgan fingerprint density at radius 1 is 1.00 bits per heavy atom. The van der Waals surface area contributed by atoms with Crippen LogP contribution in [0.3, 0.4) is 0 Å². The fourth-order valence-corrected chi connectivity index (χ4v) is 2.55. The summed E-state index contributed by atoms with van der Waals surface area (Å²) in [7, 11) is 0. The Bertz CT molecular complexity index is 736. The number of allylic oxidation sites excluding steroid dienone is 1. The standard InChI is InChI=1S/C17H14BrN/c1-2-3-13-4-9-17-14(12-13)10-11-19(17)16-7-5-15(18)6-8-16/h2-12H,1H3/b3-2+. The van der Waals surface area contributed by atoms with Crippen molar-refractivity contribution < 1.29 is 0 Å². The van der Waals surface area contributed by atoms with Crippen LogP contribution < -0.4 is 0 Å². The Balaban J connectivity index is 2.13. The summed E-state index contributed by atoms with van der Waals surface area (Å²) >= 11 is 3.47. The van der Waals surface area contributed by atoms with Crippen molar-refractivity contribution in [1.82, 2.24) is 4.57 Å². The number of rotatable bonds is 2. The lowest BCUT2D eigenvalue weighted by Crippen LogP contribution is -1.90. The van der Waals surface area contributed by atoms with Gasteiger partial charge in [0.05, 0.1) is 5.52 Å². The Morgan fingerprint density at radius 2 is 1.79 bits per heavy atom. The summed E-state index contributed by atoms with van der Waals surface area (Å²) in [6, 6.07) is 17.1. The third kappa shape index (κ3) is 2.36. The van der Waals surface area contributed by atoms with Crippen LogP contribution in [-0.2, 0) is 0 Å². The molecular weight excluding hydrogens is 298 g/mol. The predicted octanol–water partition coefficient (Wildman–Crippen LogP) is 5.43. The van der Waals surface area contributed by atoms with E-state index >= 15 is 0 Å². The van der Waals surface area contributed by atoms with Gasteiger partial charge in [0.1, 0.15) is 0 Å². The Labute approximate surface area is 121 Å². The van der Waals surface area contributed by atoms with Crippen LogP contribution in [0.1, 0.15) is 12.5 Å². The number of hydrogen-bond donors (Lipinski definition) is 0. The van der Waals surface area contributed by atoms with Crippen molar-refractivity contribution in [2.75, 3.05) is 0 Å². The van der Waals surface area contributed by atoms with E-state index in [9.17, 15) is 0 Å². The molecule has 1 aromatic heterocycles. The van der Waals surface area contributed by atoms with Crippen LogP contribution in [0.2, 0.25) is 0 Å². The zero-order valence-electron chi connectivity index (χ0n) is 10.7. The molecule has 0 aliphatic heterocycles. The molecule has 0 bridgehead atoms. The molecule has 0 fully saturated rings. The van der Waals surface area contributed by atoms with Gasteiger partial charge in [-0.3, -0.25) is 0 Å². The highest BCUT2D eigenvalue weighted by Gasteiger charge is 2.03. The van der Waals surface area contributed by atoms with Crippen molar-refractivity contribution in [3.63, 3.8) is 0 Å². The van der Waals surface area contributed by atoms with Gasteiger partial charge in [-0.25, -0.2) is 0 Å². The highest BCUT2D eigenvalue weighted by molar-refractivity contribution is 9.10. The van der Waals surface area contributed by atoms with Crippen LogP contribution in [0.5, 0.6) is 0 Å². The summed E-state index contributed by atoms with van der Waals surface area (Å²) in [6.07, 6.45) is 6.30. The van der Waals surface area contributed by atoms with E-state index in [1.807, 2.05) is 6.92 Å². The minimum Gasteiger partial charge on any atom is -0.317 e. The first-order valence-electron chi connectivity index (χ1n) is 6.28. The lowest BCUT2D eigenvalue weighted by molar-refractivity contribution is 1.13. The first-order chi connectivity index (χ1) is 9.28. The zero-order valence-corrected chi connectivity index (χ0v) is 12.3. The molecule has 94 valence electrons. The lowest BCUT2D eigenvalue weighted by Gasteiger charge is -2.06. The summed E-state index contributed by atoms with van der Waals surface area (Å²) < 4.78 is 3.31. The molecule has 2 aromatic carbocycles. The normalized spacial score (nSPS) is 11.5. The van der Waals surface area contributed by atoms with Gasteiger partial charge in [0.2, 0.25) is 0 Å². The largest absolute Gasteiger partial charge is 0.317 e. The fourth-order valence-electron chi connectivity index (χ4n) is 2.28. The van der Waals surface area contributed by atoms with Crippen LogP contribution in [0, 0.1) is 0 Å². The number of aromatic nitrogens is 1. The second-order valence-corrected chi connectivity index (χ2v) is 5.40. The topological polar surface area (TPSA) is 4.93 Å². The summed E-state index contributed by atoms with van der Waals surface area (Å²) in [5.74, 6) is 0. The van der Waals surface area contributed by atoms with Gasteiger partial charge >= 0.3 is 0 Å². The Morgan fingerprint density at radius 3 is 2.53 bits per heavy atom. The Kier molecular flexibility index (Phi) is 3.26. The van der Waals surface area contributed by atoms with Gasteiger partial charge in [0.15, 0.2) is 0 Å². The highest BCUT2D eigenvalue weighted by atomic mass is 79.9. The molecule has 0 saturated heterocycles. The minimum absolute atomic E-state index is 1.10. The van der Waals surface area contributed by atoms with Crippen molar-refractivity contribution >= 4 is 32.9 Å². The van der Waals surface area contributed by atoms with E-state index in [2.05, 4.69) is 87.4 Å². The van der Waals surface area contributed by atoms with Crippen LogP contribution in [0.4, 0.5) is 0 Å². The van der Waals surface area contributed by atoms with Crippen molar-refractivity contribution in [2.45, 2.75) is 6.92 Å². The molecule has 0 atom stereocenters. The average Bonchev–Trinajstić information content (AvgIpc) is 2.83. The zero-order chi connectivity index (χ0) is 13.2. The van der Waals surface area contributed by atoms with E-state index in [1.54, 1.807) is 0 Å². The van der Waals surface area contributed by atoms with E-state index < -0.39 is 0 Å². The van der Waals surface area contributed by atoms with Gasteiger partial charge in [0.25, 0.3) is 0 Å². The molecule has 3 aromatic rings. The third-order valence-electron chi connectivity index (χ3n) is 3.18. The predicted molar refractivity (Wildman–Crippen MR) is 85.7 cm³/mol. The van der Waals surface area contributed by atoms with E-state index in [0.29, 0.717) is 0 Å². The number of halogens is 1. The second kappa shape index (κ2) is 5.06. The van der Waals surface area contributed by atoms with Gasteiger partial charge in [-0.1, -0.05) is 34.1 Å². The average molecular weight is 312 g/mol. The maximum absolute atomic E-state index is 3.47. The number of nitrogens with zero attached hydrogens (tertiary/aromatic N) is 1. The monoisotopic (exact) mass is 311 g/mol. The number of benzene rings is 2. The second-order valence-electron chi connectivity index (χ2n) is 4.48. The molecule has 0 aliphatic carbocycles. The smallest absolute Gasteiger partial charge is 0.0528 e. The molecule has 0 radical (unpaired) electrons. The molecule has 0 unspecified atom stereocenters. The molecule has 2 heteroatoms. The molecule has 19 heavy (non-hydrogen) atoms. The molecule has 0 aliphatic rings. The van der Waals surface area contributed by atoms with Crippen LogP contribution in [0.15, 0.2) is 65.3 Å². The van der Waals surface area contributed by atoms with Gasteiger partial charge in [-0.15, -0.1) is 0 Å². The SMILES string of the molecule is C/C=C/c1ccc2c(ccn2-c2ccc(Br)cc2)c1. The van der Waals surface area contributed by atoms with Crippen molar-refractivity contribution in [3.8, 4) is 5.69 Å². The Hall–Kier alpha value is -1.80. The lowest BCUT2D eigenvalue weighted by atomic mass is 10.1. The molecule has 0 amide bonds. The summed E-state index contributed by atoms with van der Waals surface area (Å²) in [6.45, 7) is 2.04. The minimum atomic E-state index is 1.10. The van der Waals surface area contributed by atoms with Crippen LogP contribution in [-0.4, -0.2) is 4.57 Å². The molecule has 1 heterocycles. The first kappa shape index (κ1) is 12.2. The van der Waals surface area contributed by atoms with E-state index in [1.165, 1.54) is 22.2 Å². The molecular formula is C17H14BrN. The van der Waals surface area contributed by atoms with Crippen molar-refractivity contribution in [1.29, 1.82) is 0 Å². The van der Waals surface area contributed by atoms with Crippen molar-refractivity contribution in [3.05, 3.63) is 70.8 Å². The quantitative estimate of drug-likeness (QED) is 0.595. The third-order valence-corrected chi connectivity index (χ3v) is 3.71. The summed E-state index contributed by atoms with van der Waals surface area (Å²) in [5, 5.41) is 1.26. The summed E-state index contributed by atoms with van der Waals surface area (Å²) in [4.78, 5) is 0. The van der Waals surface area contributed by atoms with Crippen LogP contribution >= 0.6 is 15.9 Å². The van der Waals surface area contributed by atoms with E-state index in [0.717, 1.165) is 4.47 Å². The van der Waals surface area contributed by atoms with Crippen molar-refractivity contribution in [2.24, 2.45) is 0 Å². The summed E-state index contributed by atoms with van der Waals surface area (Å²) in [5.41, 5.74) is 3.65. The number of hydrogen-bond acceptors (Lipinski definition) is 0. The molecule has 0 saturated carbocycles. The molecule has 1 nitrogen and oxygen atoms in total. The van der Waals surface area contributed by atoms with Gasteiger partial charge in [-0.05, 0) is 55.0 Å². The molecule has 3 rings (SSSR count). The molecule has 0 N–H and O–H groups in total. The van der Waals surface area contributed by atoms with E-state index in [-0.39, 0.29) is 0 Å². The maximum Gasteiger partial charge on any atom is 0.0528 e. The highest BCUT2D eigenvalue weighted by Crippen LogP contribution is 2.23.